The highest BCUT2D eigenvalue weighted by molar-refractivity contribution is 8.00. The number of hydrogen-bond acceptors (Lipinski definition) is 2. The molecule has 4 heteroatoms. The van der Waals surface area contributed by atoms with E-state index in [0.717, 1.165) is 29.1 Å². The summed E-state index contributed by atoms with van der Waals surface area (Å²) in [6, 6.07) is 6.12. The van der Waals surface area contributed by atoms with Crippen molar-refractivity contribution in [3.63, 3.8) is 0 Å². The number of nitrogens with zero attached hydrogens (tertiary/aromatic N) is 1. The van der Waals surface area contributed by atoms with Gasteiger partial charge in [-0.3, -0.25) is 0 Å². The predicted molar refractivity (Wildman–Crippen MR) is 73.6 cm³/mol. The van der Waals surface area contributed by atoms with Crippen LogP contribution in [0.25, 0.3) is 0 Å². The van der Waals surface area contributed by atoms with Crippen molar-refractivity contribution in [2.24, 2.45) is 0 Å². The van der Waals surface area contributed by atoms with Gasteiger partial charge in [-0.05, 0) is 38.0 Å². The van der Waals surface area contributed by atoms with Crippen molar-refractivity contribution < 1.29 is 4.79 Å². The van der Waals surface area contributed by atoms with Gasteiger partial charge in [-0.25, -0.2) is 4.79 Å². The fourth-order valence-electron chi connectivity index (χ4n) is 1.92. The number of anilines is 1. The van der Waals surface area contributed by atoms with Gasteiger partial charge in [0.15, 0.2) is 0 Å². The zero-order chi connectivity index (χ0) is 12.4. The Balaban J connectivity index is 2.10. The molecule has 1 aromatic carbocycles. The number of rotatable bonds is 1. The molecule has 17 heavy (non-hydrogen) atoms. The second kappa shape index (κ2) is 5.00. The lowest BCUT2D eigenvalue weighted by Gasteiger charge is -2.21. The lowest BCUT2D eigenvalue weighted by atomic mass is 10.1. The van der Waals surface area contributed by atoms with Crippen molar-refractivity contribution >= 4 is 23.5 Å². The summed E-state index contributed by atoms with van der Waals surface area (Å²) in [6.45, 7) is 6.95. The number of amides is 2. The van der Waals surface area contributed by atoms with E-state index < -0.39 is 0 Å². The summed E-state index contributed by atoms with van der Waals surface area (Å²) in [7, 11) is 0. The highest BCUT2D eigenvalue weighted by Crippen LogP contribution is 2.24. The molecule has 1 fully saturated rings. The van der Waals surface area contributed by atoms with Gasteiger partial charge in [0.1, 0.15) is 0 Å². The smallest absolute Gasteiger partial charge is 0.312 e. The first-order chi connectivity index (χ1) is 8.08. The number of aryl methyl sites for hydroxylation is 2. The molecule has 2 rings (SSSR count). The van der Waals surface area contributed by atoms with Gasteiger partial charge >= 0.3 is 6.03 Å². The van der Waals surface area contributed by atoms with E-state index in [1.165, 1.54) is 0 Å². The number of benzene rings is 1. The van der Waals surface area contributed by atoms with Gasteiger partial charge in [0.25, 0.3) is 0 Å². The molecule has 1 heterocycles. The van der Waals surface area contributed by atoms with E-state index in [0.29, 0.717) is 0 Å². The number of hydrogen-bond donors (Lipinski definition) is 1. The van der Waals surface area contributed by atoms with E-state index in [2.05, 4.69) is 18.3 Å². The quantitative estimate of drug-likeness (QED) is 0.830. The summed E-state index contributed by atoms with van der Waals surface area (Å²) in [5, 5.41) is 3.27. The third-order valence-corrected chi connectivity index (χ3v) is 4.18. The van der Waals surface area contributed by atoms with Gasteiger partial charge in [0, 0.05) is 18.0 Å². The van der Waals surface area contributed by atoms with Crippen LogP contribution in [-0.4, -0.2) is 28.6 Å². The molecular weight excluding hydrogens is 232 g/mol. The van der Waals surface area contributed by atoms with Gasteiger partial charge in [-0.15, -0.1) is 11.8 Å². The van der Waals surface area contributed by atoms with Crippen molar-refractivity contribution in [1.29, 1.82) is 0 Å². The normalized spacial score (nSPS) is 19.5. The van der Waals surface area contributed by atoms with Gasteiger partial charge in [0.2, 0.25) is 0 Å². The number of carbonyl (C=O) groups is 1. The van der Waals surface area contributed by atoms with Crippen LogP contribution < -0.4 is 5.32 Å². The zero-order valence-corrected chi connectivity index (χ0v) is 11.3. The highest BCUT2D eigenvalue weighted by atomic mass is 32.2. The van der Waals surface area contributed by atoms with Crippen LogP contribution in [-0.2, 0) is 0 Å². The highest BCUT2D eigenvalue weighted by Gasteiger charge is 2.25. The maximum absolute atomic E-state index is 12.1. The summed E-state index contributed by atoms with van der Waals surface area (Å²) in [5.41, 5.74) is 3.18. The molecule has 1 aliphatic heterocycles. The molecule has 1 atom stereocenters. The maximum Gasteiger partial charge on any atom is 0.322 e. The first-order valence-electron chi connectivity index (χ1n) is 5.84. The minimum Gasteiger partial charge on any atom is -0.312 e. The second-order valence-electron chi connectivity index (χ2n) is 4.41. The van der Waals surface area contributed by atoms with Gasteiger partial charge in [-0.2, -0.15) is 0 Å². The molecule has 0 unspecified atom stereocenters. The van der Waals surface area contributed by atoms with E-state index in [1.807, 2.05) is 42.6 Å². The van der Waals surface area contributed by atoms with Crippen LogP contribution in [0.4, 0.5) is 10.5 Å². The van der Waals surface area contributed by atoms with Gasteiger partial charge in [-0.1, -0.05) is 12.1 Å². The minimum absolute atomic E-state index is 0.0104. The largest absolute Gasteiger partial charge is 0.322 e. The van der Waals surface area contributed by atoms with E-state index in [1.54, 1.807) is 0 Å². The zero-order valence-electron chi connectivity index (χ0n) is 10.5. The molecular formula is C13H18N2OS. The number of nitrogens with one attached hydrogen (secondary N) is 1. The Morgan fingerprint density at radius 3 is 2.88 bits per heavy atom. The molecule has 1 aromatic rings. The Hall–Kier alpha value is -1.16. The molecule has 1 aliphatic rings. The summed E-state index contributed by atoms with van der Waals surface area (Å²) >= 11 is 1.82. The van der Waals surface area contributed by atoms with Crippen LogP contribution >= 0.6 is 11.8 Å². The first-order valence-corrected chi connectivity index (χ1v) is 6.89. The number of thioether (sulfide) groups is 1. The molecule has 92 valence electrons. The molecule has 3 nitrogen and oxygen atoms in total. The molecule has 0 saturated carbocycles. The average molecular weight is 250 g/mol. The Bertz CT molecular complexity index is 433. The maximum atomic E-state index is 12.1. The van der Waals surface area contributed by atoms with Crippen molar-refractivity contribution in [3.05, 3.63) is 29.3 Å². The van der Waals surface area contributed by atoms with Crippen LogP contribution in [0.2, 0.25) is 0 Å². The van der Waals surface area contributed by atoms with Crippen LogP contribution in [0, 0.1) is 13.8 Å². The SMILES string of the molecule is Cc1ccc(C)c(NC(=O)N2CCS[C@H]2C)c1. The topological polar surface area (TPSA) is 32.3 Å². The summed E-state index contributed by atoms with van der Waals surface area (Å²) < 4.78 is 0. The van der Waals surface area contributed by atoms with Crippen molar-refractivity contribution in [2.45, 2.75) is 26.1 Å². The van der Waals surface area contributed by atoms with E-state index in [4.69, 9.17) is 0 Å². The molecule has 0 aliphatic carbocycles. The van der Waals surface area contributed by atoms with Crippen LogP contribution in [0.3, 0.4) is 0 Å². The summed E-state index contributed by atoms with van der Waals surface area (Å²) in [4.78, 5) is 14.0. The monoisotopic (exact) mass is 250 g/mol. The van der Waals surface area contributed by atoms with Crippen molar-refractivity contribution in [2.75, 3.05) is 17.6 Å². The van der Waals surface area contributed by atoms with Crippen LogP contribution in [0.15, 0.2) is 18.2 Å². The van der Waals surface area contributed by atoms with Crippen molar-refractivity contribution in [3.8, 4) is 0 Å². The third-order valence-electron chi connectivity index (χ3n) is 3.03. The lowest BCUT2D eigenvalue weighted by molar-refractivity contribution is 0.216. The Morgan fingerprint density at radius 1 is 1.47 bits per heavy atom. The Labute approximate surface area is 107 Å². The van der Waals surface area contributed by atoms with Crippen molar-refractivity contribution in [1.82, 2.24) is 4.90 Å². The second-order valence-corrected chi connectivity index (χ2v) is 5.84. The lowest BCUT2D eigenvalue weighted by Crippen LogP contribution is -2.36. The Kier molecular flexibility index (Phi) is 3.62. The third kappa shape index (κ3) is 2.75. The fourth-order valence-corrected chi connectivity index (χ4v) is 2.94. The Morgan fingerprint density at radius 2 is 2.24 bits per heavy atom. The molecule has 1 saturated heterocycles. The molecule has 0 aromatic heterocycles. The van der Waals surface area contributed by atoms with Crippen LogP contribution in [0.5, 0.6) is 0 Å². The summed E-state index contributed by atoms with van der Waals surface area (Å²) in [5.74, 6) is 1.03. The number of carbonyl (C=O) groups excluding carboxylic acids is 1. The molecule has 0 spiro atoms. The predicted octanol–water partition coefficient (Wildman–Crippen LogP) is 3.23. The molecule has 0 radical (unpaired) electrons. The van der Waals surface area contributed by atoms with Crippen LogP contribution in [0.1, 0.15) is 18.1 Å². The van der Waals surface area contributed by atoms with Gasteiger partial charge in [0.05, 0.1) is 5.37 Å². The standard InChI is InChI=1S/C13H18N2OS/c1-9-4-5-10(2)12(8-9)14-13(16)15-6-7-17-11(15)3/h4-5,8,11H,6-7H2,1-3H3,(H,14,16)/t11-/m0/s1. The molecule has 1 N–H and O–H groups in total. The first kappa shape index (κ1) is 12.3. The molecule has 2 amide bonds. The van der Waals surface area contributed by atoms with Gasteiger partial charge < -0.3 is 10.2 Å². The average Bonchev–Trinajstić information content (AvgIpc) is 2.70. The minimum atomic E-state index is 0.0104. The fraction of sp³-hybridized carbons (Fsp3) is 0.462. The molecule has 0 bridgehead atoms. The van der Waals surface area contributed by atoms with E-state index in [9.17, 15) is 4.79 Å². The number of urea groups is 1. The van der Waals surface area contributed by atoms with E-state index in [-0.39, 0.29) is 11.4 Å². The van der Waals surface area contributed by atoms with E-state index >= 15 is 0 Å². The summed E-state index contributed by atoms with van der Waals surface area (Å²) in [6.07, 6.45) is 0.